The van der Waals surface area contributed by atoms with Crippen LogP contribution >= 0.6 is 0 Å². The van der Waals surface area contributed by atoms with Gasteiger partial charge in [0.05, 0.1) is 0 Å². The third-order valence-electron chi connectivity index (χ3n) is 1.66. The molecule has 68 valence electrons. The predicted molar refractivity (Wildman–Crippen MR) is 55.7 cm³/mol. The highest BCUT2D eigenvalue weighted by Gasteiger charge is 1.88. The van der Waals surface area contributed by atoms with Gasteiger partial charge in [-0.15, -0.1) is 0 Å². The van der Waals surface area contributed by atoms with Crippen molar-refractivity contribution in [3.05, 3.63) is 35.9 Å². The van der Waals surface area contributed by atoms with Crippen molar-refractivity contribution in [2.75, 3.05) is 11.9 Å². The third-order valence-corrected chi connectivity index (χ3v) is 1.66. The molecular formula is C11H13NO. The number of rotatable bonds is 4. The normalized spacial score (nSPS) is 10.2. The van der Waals surface area contributed by atoms with Gasteiger partial charge in [0.25, 0.3) is 0 Å². The van der Waals surface area contributed by atoms with Crippen LogP contribution < -0.4 is 5.32 Å². The van der Waals surface area contributed by atoms with E-state index in [0.29, 0.717) is 0 Å². The van der Waals surface area contributed by atoms with Gasteiger partial charge in [-0.25, -0.2) is 0 Å². The zero-order valence-corrected chi connectivity index (χ0v) is 7.66. The Morgan fingerprint density at radius 1 is 1.31 bits per heavy atom. The lowest BCUT2D eigenvalue weighted by molar-refractivity contribution is -0.104. The van der Waals surface area contributed by atoms with E-state index < -0.39 is 0 Å². The Balaban J connectivity index is 2.69. The zero-order valence-electron chi connectivity index (χ0n) is 7.66. The number of allylic oxidation sites excluding steroid dienone is 1. The number of nitrogens with one attached hydrogen (secondary N) is 1. The van der Waals surface area contributed by atoms with Gasteiger partial charge in [0, 0.05) is 12.2 Å². The highest BCUT2D eigenvalue weighted by molar-refractivity contribution is 5.74. The Kier molecular flexibility index (Phi) is 3.76. The molecule has 0 heterocycles. The molecule has 1 aromatic carbocycles. The van der Waals surface area contributed by atoms with Crippen LogP contribution in [0, 0.1) is 0 Å². The summed E-state index contributed by atoms with van der Waals surface area (Å²) < 4.78 is 0. The van der Waals surface area contributed by atoms with Gasteiger partial charge < -0.3 is 5.32 Å². The maximum absolute atomic E-state index is 10.0. The van der Waals surface area contributed by atoms with Gasteiger partial charge >= 0.3 is 0 Å². The molecule has 0 saturated heterocycles. The van der Waals surface area contributed by atoms with Crippen molar-refractivity contribution in [1.29, 1.82) is 0 Å². The molecule has 0 spiro atoms. The fourth-order valence-corrected chi connectivity index (χ4v) is 1.07. The van der Waals surface area contributed by atoms with Gasteiger partial charge in [0.2, 0.25) is 0 Å². The Bertz CT molecular complexity index is 287. The molecule has 0 aliphatic carbocycles. The first-order valence-corrected chi connectivity index (χ1v) is 4.32. The number of hydrogen-bond acceptors (Lipinski definition) is 2. The summed E-state index contributed by atoms with van der Waals surface area (Å²) in [6.45, 7) is 2.98. The second-order valence-corrected chi connectivity index (χ2v) is 2.65. The minimum atomic E-state index is 0.776. The summed E-state index contributed by atoms with van der Waals surface area (Å²) in [5.41, 5.74) is 2.14. The molecule has 1 rings (SSSR count). The first-order valence-electron chi connectivity index (χ1n) is 4.32. The van der Waals surface area contributed by atoms with Crippen molar-refractivity contribution in [1.82, 2.24) is 0 Å². The van der Waals surface area contributed by atoms with Crippen LogP contribution in [0.2, 0.25) is 0 Å². The van der Waals surface area contributed by atoms with Crippen LogP contribution in [0.25, 0.3) is 6.08 Å². The Labute approximate surface area is 78.3 Å². The lowest BCUT2D eigenvalue weighted by Crippen LogP contribution is -1.95. The minimum Gasteiger partial charge on any atom is -0.385 e. The topological polar surface area (TPSA) is 29.1 Å². The van der Waals surface area contributed by atoms with Crippen LogP contribution in [0.4, 0.5) is 5.69 Å². The molecule has 0 fully saturated rings. The molecule has 13 heavy (non-hydrogen) atoms. The van der Waals surface area contributed by atoms with Crippen molar-refractivity contribution in [2.45, 2.75) is 6.92 Å². The summed E-state index contributed by atoms with van der Waals surface area (Å²) in [6.07, 6.45) is 4.04. The lowest BCUT2D eigenvalue weighted by atomic mass is 10.2. The summed E-state index contributed by atoms with van der Waals surface area (Å²) in [6, 6.07) is 7.93. The number of hydrogen-bond donors (Lipinski definition) is 1. The van der Waals surface area contributed by atoms with E-state index in [-0.39, 0.29) is 0 Å². The van der Waals surface area contributed by atoms with Crippen molar-refractivity contribution >= 4 is 18.0 Å². The number of carbonyl (C=O) groups excluding carboxylic acids is 1. The minimum absolute atomic E-state index is 0.776. The standard InChI is InChI=1S/C11H13NO/c1-2-12-11-7-5-10(6-8-11)4-3-9-13/h3-9,12H,2H2,1H3. The Morgan fingerprint density at radius 2 is 2.00 bits per heavy atom. The van der Waals surface area contributed by atoms with Gasteiger partial charge in [-0.05, 0) is 30.7 Å². The van der Waals surface area contributed by atoms with Crippen molar-refractivity contribution in [2.24, 2.45) is 0 Å². The van der Waals surface area contributed by atoms with Crippen LogP contribution in [0.1, 0.15) is 12.5 Å². The van der Waals surface area contributed by atoms with E-state index in [9.17, 15) is 4.79 Å². The fourth-order valence-electron chi connectivity index (χ4n) is 1.07. The molecule has 0 unspecified atom stereocenters. The van der Waals surface area contributed by atoms with E-state index in [2.05, 4.69) is 12.2 Å². The average Bonchev–Trinajstić information content (AvgIpc) is 2.17. The molecule has 2 nitrogen and oxygen atoms in total. The van der Waals surface area contributed by atoms with Gasteiger partial charge in [-0.1, -0.05) is 18.2 Å². The lowest BCUT2D eigenvalue weighted by Gasteiger charge is -2.01. The maximum Gasteiger partial charge on any atom is 0.142 e. The van der Waals surface area contributed by atoms with E-state index in [1.54, 1.807) is 6.08 Å². The molecule has 0 saturated carbocycles. The molecular weight excluding hydrogens is 162 g/mol. The highest BCUT2D eigenvalue weighted by atomic mass is 16.1. The quantitative estimate of drug-likeness (QED) is 0.562. The third kappa shape index (κ3) is 3.11. The smallest absolute Gasteiger partial charge is 0.142 e. The van der Waals surface area contributed by atoms with Gasteiger partial charge in [0.1, 0.15) is 6.29 Å². The Hall–Kier alpha value is -1.57. The maximum atomic E-state index is 10.0. The second kappa shape index (κ2) is 5.14. The van der Waals surface area contributed by atoms with E-state index in [1.807, 2.05) is 24.3 Å². The van der Waals surface area contributed by atoms with E-state index in [4.69, 9.17) is 0 Å². The van der Waals surface area contributed by atoms with Crippen LogP contribution in [0.5, 0.6) is 0 Å². The second-order valence-electron chi connectivity index (χ2n) is 2.65. The number of benzene rings is 1. The van der Waals surface area contributed by atoms with E-state index in [1.165, 1.54) is 6.08 Å². The van der Waals surface area contributed by atoms with Crippen molar-refractivity contribution < 1.29 is 4.79 Å². The van der Waals surface area contributed by atoms with Crippen LogP contribution in [0.15, 0.2) is 30.3 Å². The fraction of sp³-hybridized carbons (Fsp3) is 0.182. The number of anilines is 1. The van der Waals surface area contributed by atoms with Crippen molar-refractivity contribution in [3.63, 3.8) is 0 Å². The summed E-state index contributed by atoms with van der Waals surface area (Å²) in [4.78, 5) is 10.0. The first-order chi connectivity index (χ1) is 6.36. The predicted octanol–water partition coefficient (Wildman–Crippen LogP) is 2.33. The van der Waals surface area contributed by atoms with Crippen LogP contribution in [-0.4, -0.2) is 12.8 Å². The number of carbonyl (C=O) groups is 1. The molecule has 2 heteroatoms. The zero-order chi connectivity index (χ0) is 9.52. The van der Waals surface area contributed by atoms with Gasteiger partial charge in [0.15, 0.2) is 0 Å². The molecule has 1 aromatic rings. The monoisotopic (exact) mass is 175 g/mol. The highest BCUT2D eigenvalue weighted by Crippen LogP contribution is 2.09. The Morgan fingerprint density at radius 3 is 2.54 bits per heavy atom. The van der Waals surface area contributed by atoms with Crippen LogP contribution in [-0.2, 0) is 4.79 Å². The molecule has 0 bridgehead atoms. The van der Waals surface area contributed by atoms with Gasteiger partial charge in [-0.3, -0.25) is 4.79 Å². The summed E-state index contributed by atoms with van der Waals surface area (Å²) >= 11 is 0. The summed E-state index contributed by atoms with van der Waals surface area (Å²) in [5, 5.41) is 3.20. The molecule has 0 atom stereocenters. The number of aldehydes is 1. The molecule has 1 N–H and O–H groups in total. The molecule has 0 aromatic heterocycles. The average molecular weight is 175 g/mol. The SMILES string of the molecule is CCNc1ccc(C=CC=O)cc1. The molecule has 0 aliphatic heterocycles. The molecule has 0 radical (unpaired) electrons. The molecule has 0 amide bonds. The summed E-state index contributed by atoms with van der Waals surface area (Å²) in [5.74, 6) is 0. The van der Waals surface area contributed by atoms with E-state index >= 15 is 0 Å². The van der Waals surface area contributed by atoms with Gasteiger partial charge in [-0.2, -0.15) is 0 Å². The van der Waals surface area contributed by atoms with E-state index in [0.717, 1.165) is 24.1 Å². The summed E-state index contributed by atoms with van der Waals surface area (Å²) in [7, 11) is 0. The molecule has 0 aliphatic rings. The van der Waals surface area contributed by atoms with Crippen molar-refractivity contribution in [3.8, 4) is 0 Å². The largest absolute Gasteiger partial charge is 0.385 e. The first kappa shape index (κ1) is 9.52. The van der Waals surface area contributed by atoms with Crippen LogP contribution in [0.3, 0.4) is 0 Å².